The third kappa shape index (κ3) is 5.53. The molecule has 0 bridgehead atoms. The molecule has 0 aliphatic carbocycles. The Bertz CT molecular complexity index is 775. The molecule has 1 amide bonds. The van der Waals surface area contributed by atoms with Crippen molar-refractivity contribution in [2.24, 2.45) is 0 Å². The fourth-order valence-electron chi connectivity index (χ4n) is 1.87. The number of aromatic nitrogens is 1. The van der Waals surface area contributed by atoms with Gasteiger partial charge in [0, 0.05) is 17.5 Å². The molecule has 1 N–H and O–H groups in total. The Balaban J connectivity index is 2.04. The number of benzene rings is 1. The second-order valence-electron chi connectivity index (χ2n) is 4.81. The van der Waals surface area contributed by atoms with Crippen molar-refractivity contribution in [2.75, 3.05) is 6.26 Å². The quantitative estimate of drug-likeness (QED) is 0.791. The van der Waals surface area contributed by atoms with Crippen LogP contribution in [0.4, 0.5) is 0 Å². The van der Waals surface area contributed by atoms with E-state index in [1.807, 2.05) is 6.26 Å². The number of carbonyl (C=O) groups is 1. The first-order valence-electron chi connectivity index (χ1n) is 6.63. The van der Waals surface area contributed by atoms with E-state index < -0.39 is 15.9 Å². The maximum absolute atomic E-state index is 12.0. The van der Waals surface area contributed by atoms with Gasteiger partial charge < -0.3 is 0 Å². The van der Waals surface area contributed by atoms with Crippen LogP contribution in [0.2, 0.25) is 5.15 Å². The molecule has 0 radical (unpaired) electrons. The van der Waals surface area contributed by atoms with Gasteiger partial charge in [-0.2, -0.15) is 11.8 Å². The molecule has 0 saturated heterocycles. The Morgan fingerprint density at radius 2 is 1.83 bits per heavy atom. The predicted octanol–water partition coefficient (Wildman–Crippen LogP) is 2.86. The molecule has 8 heteroatoms. The first-order chi connectivity index (χ1) is 10.9. The van der Waals surface area contributed by atoms with Crippen molar-refractivity contribution in [3.05, 3.63) is 64.4 Å². The van der Waals surface area contributed by atoms with Crippen LogP contribution in [0.15, 0.2) is 42.6 Å². The number of thioether (sulfide) groups is 1. The zero-order valence-corrected chi connectivity index (χ0v) is 14.7. The Hall–Kier alpha value is -1.57. The molecule has 1 heterocycles. The van der Waals surface area contributed by atoms with Gasteiger partial charge in [0.1, 0.15) is 5.15 Å². The monoisotopic (exact) mass is 370 g/mol. The summed E-state index contributed by atoms with van der Waals surface area (Å²) < 4.78 is 26.1. The molecule has 23 heavy (non-hydrogen) atoms. The number of hydrogen-bond donors (Lipinski definition) is 1. The largest absolute Gasteiger partial charge is 0.268 e. The van der Waals surface area contributed by atoms with Gasteiger partial charge in [0.25, 0.3) is 5.91 Å². The summed E-state index contributed by atoms with van der Waals surface area (Å²) in [4.78, 5) is 15.9. The van der Waals surface area contributed by atoms with E-state index >= 15 is 0 Å². The van der Waals surface area contributed by atoms with E-state index in [4.69, 9.17) is 11.6 Å². The van der Waals surface area contributed by atoms with Gasteiger partial charge in [0.15, 0.2) is 0 Å². The molecule has 1 aromatic heterocycles. The van der Waals surface area contributed by atoms with Gasteiger partial charge in [-0.25, -0.2) is 18.1 Å². The summed E-state index contributed by atoms with van der Waals surface area (Å²) >= 11 is 7.32. The lowest BCUT2D eigenvalue weighted by molar-refractivity contribution is 0.0981. The average Bonchev–Trinajstić information content (AvgIpc) is 2.50. The van der Waals surface area contributed by atoms with E-state index in [0.717, 1.165) is 11.3 Å². The molecule has 2 aromatic rings. The molecule has 0 atom stereocenters. The van der Waals surface area contributed by atoms with Gasteiger partial charge in [-0.05, 0) is 35.6 Å². The standard InChI is InChI=1S/C15H15ClN2O3S2/c1-22-9-11-2-5-13(6-3-11)15(19)18-23(20,21)10-12-4-7-14(16)17-8-12/h2-8H,9-10H2,1H3,(H,18,19). The van der Waals surface area contributed by atoms with Crippen molar-refractivity contribution < 1.29 is 13.2 Å². The third-order valence-corrected chi connectivity index (χ3v) is 4.98. The molecule has 0 spiro atoms. The summed E-state index contributed by atoms with van der Waals surface area (Å²) in [6.45, 7) is 0. The van der Waals surface area contributed by atoms with Crippen LogP contribution >= 0.6 is 23.4 Å². The summed E-state index contributed by atoms with van der Waals surface area (Å²) in [5.74, 6) is -0.153. The predicted molar refractivity (Wildman–Crippen MR) is 93.0 cm³/mol. The molecule has 122 valence electrons. The first-order valence-corrected chi connectivity index (χ1v) is 10.0. The minimum Gasteiger partial charge on any atom is -0.268 e. The third-order valence-electron chi connectivity index (χ3n) is 2.92. The maximum atomic E-state index is 12.0. The normalized spacial score (nSPS) is 11.2. The number of rotatable bonds is 6. The van der Waals surface area contributed by atoms with E-state index in [1.165, 1.54) is 12.3 Å². The average molecular weight is 371 g/mol. The lowest BCUT2D eigenvalue weighted by Gasteiger charge is -2.07. The minimum absolute atomic E-state index is 0.278. The van der Waals surface area contributed by atoms with Crippen LogP contribution in [0.1, 0.15) is 21.5 Å². The fourth-order valence-corrected chi connectivity index (χ4v) is 3.59. The first kappa shape index (κ1) is 17.8. The number of nitrogens with one attached hydrogen (secondary N) is 1. The highest BCUT2D eigenvalue weighted by atomic mass is 35.5. The van der Waals surface area contributed by atoms with Crippen molar-refractivity contribution in [3.8, 4) is 0 Å². The van der Waals surface area contributed by atoms with Crippen molar-refractivity contribution in [2.45, 2.75) is 11.5 Å². The highest BCUT2D eigenvalue weighted by Gasteiger charge is 2.17. The van der Waals surface area contributed by atoms with Crippen LogP contribution < -0.4 is 4.72 Å². The smallest absolute Gasteiger partial charge is 0.264 e. The molecule has 0 unspecified atom stereocenters. The van der Waals surface area contributed by atoms with Crippen LogP contribution in [0, 0.1) is 0 Å². The van der Waals surface area contributed by atoms with Crippen molar-refractivity contribution in [1.82, 2.24) is 9.71 Å². The van der Waals surface area contributed by atoms with Gasteiger partial charge in [0.05, 0.1) is 5.75 Å². The number of halogens is 1. The molecule has 0 saturated carbocycles. The number of amides is 1. The molecule has 2 rings (SSSR count). The number of nitrogens with zero attached hydrogens (tertiary/aromatic N) is 1. The summed E-state index contributed by atoms with van der Waals surface area (Å²) in [6.07, 6.45) is 3.35. The molecule has 0 aliphatic heterocycles. The van der Waals surface area contributed by atoms with E-state index in [-0.39, 0.29) is 10.9 Å². The van der Waals surface area contributed by atoms with E-state index in [1.54, 1.807) is 42.1 Å². The lowest BCUT2D eigenvalue weighted by Crippen LogP contribution is -2.31. The molecular formula is C15H15ClN2O3S2. The second-order valence-corrected chi connectivity index (χ2v) is 7.78. The summed E-state index contributed by atoms with van der Waals surface area (Å²) in [5, 5.41) is 0.278. The summed E-state index contributed by atoms with van der Waals surface area (Å²) in [6, 6.07) is 9.89. The van der Waals surface area contributed by atoms with E-state index in [9.17, 15) is 13.2 Å². The van der Waals surface area contributed by atoms with E-state index in [0.29, 0.717) is 11.1 Å². The van der Waals surface area contributed by atoms with Gasteiger partial charge in [-0.1, -0.05) is 29.8 Å². The zero-order valence-electron chi connectivity index (χ0n) is 12.3. The molecule has 0 fully saturated rings. The number of pyridine rings is 1. The molecule has 0 aliphatic rings. The maximum Gasteiger partial charge on any atom is 0.264 e. The van der Waals surface area contributed by atoms with Crippen LogP contribution in [0.3, 0.4) is 0 Å². The van der Waals surface area contributed by atoms with Gasteiger partial charge >= 0.3 is 0 Å². The zero-order chi connectivity index (χ0) is 16.9. The summed E-state index contributed by atoms with van der Waals surface area (Å²) in [5.41, 5.74) is 1.82. The lowest BCUT2D eigenvalue weighted by atomic mass is 10.1. The fraction of sp³-hybridized carbons (Fsp3) is 0.200. The topological polar surface area (TPSA) is 76.1 Å². The Kier molecular flexibility index (Phi) is 6.04. The van der Waals surface area contributed by atoms with E-state index in [2.05, 4.69) is 9.71 Å². The van der Waals surface area contributed by atoms with Crippen molar-refractivity contribution in [3.63, 3.8) is 0 Å². The molecule has 5 nitrogen and oxygen atoms in total. The van der Waals surface area contributed by atoms with Crippen molar-refractivity contribution in [1.29, 1.82) is 0 Å². The van der Waals surface area contributed by atoms with Crippen LogP contribution in [-0.4, -0.2) is 25.6 Å². The number of sulfonamides is 1. The number of carbonyl (C=O) groups excluding carboxylic acids is 1. The summed E-state index contributed by atoms with van der Waals surface area (Å²) in [7, 11) is -3.80. The Labute approximate surface area is 144 Å². The van der Waals surface area contributed by atoms with Crippen LogP contribution in [0.5, 0.6) is 0 Å². The Morgan fingerprint density at radius 1 is 1.17 bits per heavy atom. The highest BCUT2D eigenvalue weighted by molar-refractivity contribution is 7.97. The Morgan fingerprint density at radius 3 is 2.39 bits per heavy atom. The van der Waals surface area contributed by atoms with Gasteiger partial charge in [-0.3, -0.25) is 4.79 Å². The number of hydrogen-bond acceptors (Lipinski definition) is 5. The highest BCUT2D eigenvalue weighted by Crippen LogP contribution is 2.12. The van der Waals surface area contributed by atoms with Crippen LogP contribution in [-0.2, 0) is 21.5 Å². The molecule has 1 aromatic carbocycles. The van der Waals surface area contributed by atoms with Gasteiger partial charge in [-0.15, -0.1) is 0 Å². The molecular weight excluding hydrogens is 356 g/mol. The van der Waals surface area contributed by atoms with Crippen molar-refractivity contribution >= 4 is 39.3 Å². The minimum atomic E-state index is -3.80. The second kappa shape index (κ2) is 7.81. The SMILES string of the molecule is CSCc1ccc(C(=O)NS(=O)(=O)Cc2ccc(Cl)nc2)cc1. The van der Waals surface area contributed by atoms with Crippen LogP contribution in [0.25, 0.3) is 0 Å². The van der Waals surface area contributed by atoms with Gasteiger partial charge in [0.2, 0.25) is 10.0 Å².